The predicted molar refractivity (Wildman–Crippen MR) is 96.1 cm³/mol. The molecule has 4 nitrogen and oxygen atoms in total. The fourth-order valence-corrected chi connectivity index (χ4v) is 5.20. The molecule has 3 heterocycles. The van der Waals surface area contributed by atoms with Crippen molar-refractivity contribution in [2.75, 3.05) is 5.32 Å². The number of hydrogen-bond donors (Lipinski definition) is 2. The third-order valence-electron chi connectivity index (χ3n) is 4.12. The number of carbonyl (C=O) groups is 2. The quantitative estimate of drug-likeness (QED) is 0.694. The summed E-state index contributed by atoms with van der Waals surface area (Å²) in [5.41, 5.74) is 1.55. The fraction of sp³-hybridized carbons (Fsp3) is 0.111. The Hall–Kier alpha value is -2.51. The van der Waals surface area contributed by atoms with Gasteiger partial charge in [-0.3, -0.25) is 4.79 Å². The maximum Gasteiger partial charge on any atom is 0.346 e. The fourth-order valence-electron chi connectivity index (χ4n) is 3.05. The molecule has 0 spiro atoms. The first-order valence-electron chi connectivity index (χ1n) is 7.53. The average Bonchev–Trinajstić information content (AvgIpc) is 3.22. The van der Waals surface area contributed by atoms with E-state index in [1.807, 2.05) is 17.5 Å². The molecule has 1 aromatic carbocycles. The number of benzene rings is 1. The van der Waals surface area contributed by atoms with Crippen LogP contribution in [0.25, 0.3) is 11.1 Å². The van der Waals surface area contributed by atoms with E-state index < -0.39 is 11.8 Å². The first-order chi connectivity index (χ1) is 12.0. The zero-order valence-electron chi connectivity index (χ0n) is 12.8. The maximum atomic E-state index is 13.3. The van der Waals surface area contributed by atoms with Crippen LogP contribution < -0.4 is 5.32 Å². The summed E-state index contributed by atoms with van der Waals surface area (Å²) in [5, 5.41) is 14.4. The third-order valence-corrected chi connectivity index (χ3v) is 6.40. The number of carbonyl (C=O) groups excluding carboxylic acids is 1. The van der Waals surface area contributed by atoms with E-state index in [2.05, 4.69) is 5.32 Å². The molecule has 3 aromatic rings. The highest BCUT2D eigenvalue weighted by atomic mass is 32.1. The van der Waals surface area contributed by atoms with Gasteiger partial charge in [0.1, 0.15) is 10.7 Å². The van der Waals surface area contributed by atoms with Crippen molar-refractivity contribution >= 4 is 40.2 Å². The second-order valence-electron chi connectivity index (χ2n) is 5.68. The summed E-state index contributed by atoms with van der Waals surface area (Å²) in [6.07, 6.45) is 0.288. The summed E-state index contributed by atoms with van der Waals surface area (Å²) >= 11 is 2.72. The van der Waals surface area contributed by atoms with E-state index in [-0.39, 0.29) is 23.1 Å². The van der Waals surface area contributed by atoms with Gasteiger partial charge < -0.3 is 10.4 Å². The molecule has 4 rings (SSSR count). The second kappa shape index (κ2) is 6.09. The van der Waals surface area contributed by atoms with E-state index in [0.717, 1.165) is 9.75 Å². The molecule has 2 aromatic heterocycles. The Morgan fingerprint density at radius 3 is 2.64 bits per heavy atom. The van der Waals surface area contributed by atoms with Gasteiger partial charge in [-0.1, -0.05) is 18.2 Å². The van der Waals surface area contributed by atoms with Crippen LogP contribution >= 0.6 is 22.7 Å². The van der Waals surface area contributed by atoms with Crippen molar-refractivity contribution in [3.63, 3.8) is 0 Å². The van der Waals surface area contributed by atoms with Crippen molar-refractivity contribution in [3.05, 3.63) is 62.2 Å². The van der Waals surface area contributed by atoms with Crippen LogP contribution in [-0.4, -0.2) is 17.0 Å². The lowest BCUT2D eigenvalue weighted by Crippen LogP contribution is -2.22. The number of nitrogens with one attached hydrogen (secondary N) is 1. The highest BCUT2D eigenvalue weighted by Crippen LogP contribution is 2.50. The highest BCUT2D eigenvalue weighted by molar-refractivity contribution is 7.15. The first-order valence-corrected chi connectivity index (χ1v) is 9.23. The topological polar surface area (TPSA) is 66.4 Å². The van der Waals surface area contributed by atoms with Crippen LogP contribution in [0.5, 0.6) is 0 Å². The molecular weight excluding hydrogens is 361 g/mol. The number of rotatable bonds is 3. The van der Waals surface area contributed by atoms with E-state index in [4.69, 9.17) is 0 Å². The summed E-state index contributed by atoms with van der Waals surface area (Å²) in [5.74, 6) is -1.76. The molecule has 1 atom stereocenters. The van der Waals surface area contributed by atoms with Gasteiger partial charge in [0.25, 0.3) is 0 Å². The molecule has 0 fully saturated rings. The summed E-state index contributed by atoms with van der Waals surface area (Å²) < 4.78 is 13.3. The summed E-state index contributed by atoms with van der Waals surface area (Å²) in [4.78, 5) is 26.0. The molecule has 1 aliphatic heterocycles. The molecule has 0 aliphatic carbocycles. The van der Waals surface area contributed by atoms with Crippen LogP contribution in [-0.2, 0) is 4.79 Å². The SMILES string of the molecule is O=C1C[C@@H](c2cccs2)c2sc(C(=O)O)c(-c3ccc(F)cc3)c2N1. The number of carboxylic acid groups (broad SMARTS) is 1. The van der Waals surface area contributed by atoms with E-state index in [1.54, 1.807) is 11.3 Å². The van der Waals surface area contributed by atoms with Crippen molar-refractivity contribution < 1.29 is 19.1 Å². The Morgan fingerprint density at radius 1 is 1.24 bits per heavy atom. The van der Waals surface area contributed by atoms with E-state index in [0.29, 0.717) is 16.8 Å². The van der Waals surface area contributed by atoms with Gasteiger partial charge in [0.15, 0.2) is 0 Å². The van der Waals surface area contributed by atoms with Crippen LogP contribution in [0.4, 0.5) is 10.1 Å². The molecule has 1 amide bonds. The number of aromatic carboxylic acids is 1. The minimum atomic E-state index is -1.06. The number of hydrogen-bond acceptors (Lipinski definition) is 4. The van der Waals surface area contributed by atoms with Gasteiger partial charge in [0.05, 0.1) is 5.69 Å². The minimum absolute atomic E-state index is 0.149. The van der Waals surface area contributed by atoms with Gasteiger partial charge in [-0.25, -0.2) is 9.18 Å². The summed E-state index contributed by atoms with van der Waals surface area (Å²) in [6.45, 7) is 0. The second-order valence-corrected chi connectivity index (χ2v) is 7.71. The maximum absolute atomic E-state index is 13.3. The normalized spacial score (nSPS) is 16.4. The van der Waals surface area contributed by atoms with Gasteiger partial charge in [-0.2, -0.15) is 0 Å². The Kier molecular flexibility index (Phi) is 3.89. The molecule has 0 bridgehead atoms. The Morgan fingerprint density at radius 2 is 2.00 bits per heavy atom. The van der Waals surface area contributed by atoms with Crippen LogP contribution in [0.1, 0.15) is 31.8 Å². The molecule has 25 heavy (non-hydrogen) atoms. The number of anilines is 1. The van der Waals surface area contributed by atoms with Crippen molar-refractivity contribution in [2.45, 2.75) is 12.3 Å². The van der Waals surface area contributed by atoms with E-state index >= 15 is 0 Å². The molecule has 2 N–H and O–H groups in total. The van der Waals surface area contributed by atoms with Crippen molar-refractivity contribution in [2.24, 2.45) is 0 Å². The van der Waals surface area contributed by atoms with Crippen LogP contribution in [0.3, 0.4) is 0 Å². The number of halogens is 1. The monoisotopic (exact) mass is 373 g/mol. The van der Waals surface area contributed by atoms with Gasteiger partial charge >= 0.3 is 5.97 Å². The van der Waals surface area contributed by atoms with Gasteiger partial charge in [-0.05, 0) is 29.1 Å². The summed E-state index contributed by atoms with van der Waals surface area (Å²) in [6, 6.07) is 9.50. The molecule has 0 saturated heterocycles. The first kappa shape index (κ1) is 16.0. The summed E-state index contributed by atoms with van der Waals surface area (Å²) in [7, 11) is 0. The third kappa shape index (κ3) is 2.75. The lowest BCUT2D eigenvalue weighted by molar-refractivity contribution is -0.116. The Labute approximate surface area is 150 Å². The molecule has 1 aliphatic rings. The lowest BCUT2D eigenvalue weighted by atomic mass is 9.93. The number of amides is 1. The minimum Gasteiger partial charge on any atom is -0.477 e. The molecule has 7 heteroatoms. The number of fused-ring (bicyclic) bond motifs is 1. The van der Waals surface area contributed by atoms with Gasteiger partial charge in [0, 0.05) is 27.7 Å². The molecule has 0 radical (unpaired) electrons. The average molecular weight is 373 g/mol. The molecule has 0 saturated carbocycles. The van der Waals surface area contributed by atoms with Crippen molar-refractivity contribution in [1.82, 2.24) is 0 Å². The largest absolute Gasteiger partial charge is 0.477 e. The van der Waals surface area contributed by atoms with Crippen molar-refractivity contribution in [3.8, 4) is 11.1 Å². The van der Waals surface area contributed by atoms with Gasteiger partial charge in [0.2, 0.25) is 5.91 Å². The van der Waals surface area contributed by atoms with Crippen LogP contribution in [0, 0.1) is 5.82 Å². The van der Waals surface area contributed by atoms with Crippen LogP contribution in [0.15, 0.2) is 41.8 Å². The Balaban J connectivity index is 1.95. The smallest absolute Gasteiger partial charge is 0.346 e. The zero-order valence-corrected chi connectivity index (χ0v) is 14.4. The molecule has 126 valence electrons. The van der Waals surface area contributed by atoms with Gasteiger partial charge in [-0.15, -0.1) is 22.7 Å². The van der Waals surface area contributed by atoms with E-state index in [1.165, 1.54) is 35.6 Å². The zero-order chi connectivity index (χ0) is 17.6. The predicted octanol–water partition coefficient (Wildman–Crippen LogP) is 4.79. The van der Waals surface area contributed by atoms with Crippen molar-refractivity contribution in [1.29, 1.82) is 0 Å². The molecular formula is C18H12FNO3S2. The highest BCUT2D eigenvalue weighted by Gasteiger charge is 2.34. The number of carboxylic acids is 1. The van der Waals surface area contributed by atoms with E-state index in [9.17, 15) is 19.1 Å². The standard InChI is InChI=1S/C18H12FNO3S2/c19-10-5-3-9(4-6-10)14-15-16(25-17(14)18(22)23)11(8-13(21)20-15)12-2-1-7-24-12/h1-7,11H,8H2,(H,20,21)(H,22,23)/t11-/m0/s1. The lowest BCUT2D eigenvalue weighted by Gasteiger charge is -2.22. The Bertz CT molecular complexity index is 961. The number of thiophene rings is 2. The molecule has 0 unspecified atom stereocenters. The van der Waals surface area contributed by atoms with Crippen LogP contribution in [0.2, 0.25) is 0 Å².